The van der Waals surface area contributed by atoms with E-state index in [1.54, 1.807) is 0 Å². The molecule has 0 bridgehead atoms. The Kier molecular flexibility index (Phi) is 5.76. The Morgan fingerprint density at radius 3 is 2.95 bits per heavy atom. The molecule has 5 heteroatoms. The lowest BCUT2D eigenvalue weighted by molar-refractivity contribution is -0.101. The highest BCUT2D eigenvalue weighted by atomic mass is 79.9. The number of hydrogen-bond acceptors (Lipinski definition) is 3. The molecular formula is C14H19BrFNO2. The van der Waals surface area contributed by atoms with Crippen LogP contribution in [0.4, 0.5) is 4.39 Å². The third kappa shape index (κ3) is 4.24. The second kappa shape index (κ2) is 7.33. The molecule has 1 N–H and O–H groups in total. The number of halogens is 2. The molecule has 0 aliphatic carbocycles. The number of likely N-dealkylation sites (N-methyl/N-ethyl adjacent to an activating group) is 1. The highest BCUT2D eigenvalue weighted by Crippen LogP contribution is 2.18. The zero-order valence-electron chi connectivity index (χ0n) is 11.0. The Balaban J connectivity index is 2.06. The molecule has 2 atom stereocenters. The summed E-state index contributed by atoms with van der Waals surface area (Å²) in [6.07, 6.45) is 0.581. The van der Waals surface area contributed by atoms with Gasteiger partial charge in [0, 0.05) is 10.5 Å². The number of rotatable bonds is 5. The van der Waals surface area contributed by atoms with Crippen LogP contribution in [0.2, 0.25) is 0 Å². The largest absolute Gasteiger partial charge is 0.376 e. The van der Waals surface area contributed by atoms with E-state index in [1.165, 1.54) is 6.07 Å². The van der Waals surface area contributed by atoms with E-state index < -0.39 is 0 Å². The molecule has 1 aromatic carbocycles. The lowest BCUT2D eigenvalue weighted by Gasteiger charge is -2.31. The Morgan fingerprint density at radius 1 is 1.47 bits per heavy atom. The fourth-order valence-electron chi connectivity index (χ4n) is 2.26. The minimum absolute atomic E-state index is 0.0169. The van der Waals surface area contributed by atoms with Crippen LogP contribution < -0.4 is 5.32 Å². The van der Waals surface area contributed by atoms with E-state index in [-0.39, 0.29) is 18.0 Å². The zero-order chi connectivity index (χ0) is 13.7. The summed E-state index contributed by atoms with van der Waals surface area (Å²) in [6, 6.07) is 5.24. The summed E-state index contributed by atoms with van der Waals surface area (Å²) >= 11 is 3.27. The molecule has 2 unspecified atom stereocenters. The molecule has 3 nitrogen and oxygen atoms in total. The van der Waals surface area contributed by atoms with E-state index >= 15 is 0 Å². The Labute approximate surface area is 121 Å². The van der Waals surface area contributed by atoms with E-state index in [2.05, 4.69) is 21.2 Å². The molecule has 1 heterocycles. The van der Waals surface area contributed by atoms with Crippen LogP contribution in [0.1, 0.15) is 12.5 Å². The first kappa shape index (κ1) is 14.9. The quantitative estimate of drug-likeness (QED) is 0.899. The second-order valence-corrected chi connectivity index (χ2v) is 5.50. The molecule has 0 spiro atoms. The predicted molar refractivity (Wildman–Crippen MR) is 75.8 cm³/mol. The Morgan fingerprint density at radius 2 is 2.32 bits per heavy atom. The van der Waals surface area contributed by atoms with E-state index in [0.717, 1.165) is 11.0 Å². The van der Waals surface area contributed by atoms with Crippen LogP contribution in [0.3, 0.4) is 0 Å². The normalized spacial score (nSPS) is 21.3. The van der Waals surface area contributed by atoms with Crippen LogP contribution in [0.5, 0.6) is 0 Å². The Bertz CT molecular complexity index is 410. The van der Waals surface area contributed by atoms with Crippen molar-refractivity contribution in [1.82, 2.24) is 5.32 Å². The number of benzene rings is 1. The summed E-state index contributed by atoms with van der Waals surface area (Å²) in [4.78, 5) is 0. The molecular weight excluding hydrogens is 313 g/mol. The van der Waals surface area contributed by atoms with E-state index in [0.29, 0.717) is 31.8 Å². The number of nitrogens with one attached hydrogen (secondary N) is 1. The van der Waals surface area contributed by atoms with Gasteiger partial charge in [0.05, 0.1) is 25.9 Å². The van der Waals surface area contributed by atoms with Crippen molar-refractivity contribution < 1.29 is 13.9 Å². The van der Waals surface area contributed by atoms with Gasteiger partial charge in [-0.05, 0) is 30.7 Å². The van der Waals surface area contributed by atoms with Gasteiger partial charge >= 0.3 is 0 Å². The van der Waals surface area contributed by atoms with Crippen molar-refractivity contribution >= 4 is 15.9 Å². The summed E-state index contributed by atoms with van der Waals surface area (Å²) in [6.45, 7) is 4.67. The van der Waals surface area contributed by atoms with Gasteiger partial charge in [-0.2, -0.15) is 0 Å². The highest BCUT2D eigenvalue weighted by Gasteiger charge is 2.25. The molecule has 106 valence electrons. The summed E-state index contributed by atoms with van der Waals surface area (Å²) in [7, 11) is 0. The average Bonchev–Trinajstić information content (AvgIpc) is 2.42. The van der Waals surface area contributed by atoms with Crippen LogP contribution in [-0.2, 0) is 15.9 Å². The van der Waals surface area contributed by atoms with Crippen molar-refractivity contribution in [3.63, 3.8) is 0 Å². The van der Waals surface area contributed by atoms with E-state index in [1.807, 2.05) is 19.1 Å². The minimum Gasteiger partial charge on any atom is -0.376 e. The number of ether oxygens (including phenoxy) is 2. The smallest absolute Gasteiger partial charge is 0.127 e. The van der Waals surface area contributed by atoms with Crippen LogP contribution in [-0.4, -0.2) is 38.5 Å². The van der Waals surface area contributed by atoms with Crippen molar-refractivity contribution in [2.24, 2.45) is 0 Å². The molecule has 0 saturated carbocycles. The van der Waals surface area contributed by atoms with Gasteiger partial charge in [0.15, 0.2) is 0 Å². The first-order chi connectivity index (χ1) is 9.20. The number of hydrogen-bond donors (Lipinski definition) is 1. The zero-order valence-corrected chi connectivity index (χ0v) is 12.6. The predicted octanol–water partition coefficient (Wildman–Crippen LogP) is 2.52. The Hall–Kier alpha value is -0.490. The fraction of sp³-hybridized carbons (Fsp3) is 0.571. The summed E-state index contributed by atoms with van der Waals surface area (Å²) in [5, 5.41) is 3.36. The summed E-state index contributed by atoms with van der Waals surface area (Å²) in [5.41, 5.74) is 0.698. The van der Waals surface area contributed by atoms with Crippen molar-refractivity contribution in [2.75, 3.05) is 26.4 Å². The standard InChI is InChI=1S/C14H19BrFNO2/c1-2-17-13(14-9-18-5-6-19-14)7-10-3-4-11(15)8-12(10)16/h3-4,8,13-14,17H,2,5-7,9H2,1H3. The van der Waals surface area contributed by atoms with Gasteiger partial charge < -0.3 is 14.8 Å². The SMILES string of the molecule is CCNC(Cc1ccc(Br)cc1F)C1COCCO1. The fourth-order valence-corrected chi connectivity index (χ4v) is 2.59. The highest BCUT2D eigenvalue weighted by molar-refractivity contribution is 9.10. The van der Waals surface area contributed by atoms with E-state index in [9.17, 15) is 4.39 Å². The van der Waals surface area contributed by atoms with Crippen LogP contribution in [0.15, 0.2) is 22.7 Å². The molecule has 1 aliphatic rings. The molecule has 2 rings (SSSR count). The van der Waals surface area contributed by atoms with Crippen molar-refractivity contribution in [1.29, 1.82) is 0 Å². The maximum absolute atomic E-state index is 13.9. The maximum Gasteiger partial charge on any atom is 0.127 e. The van der Waals surface area contributed by atoms with Gasteiger partial charge in [-0.3, -0.25) is 0 Å². The second-order valence-electron chi connectivity index (χ2n) is 4.59. The van der Waals surface area contributed by atoms with E-state index in [4.69, 9.17) is 9.47 Å². The molecule has 0 aromatic heterocycles. The van der Waals surface area contributed by atoms with Crippen LogP contribution in [0, 0.1) is 5.82 Å². The van der Waals surface area contributed by atoms with Gasteiger partial charge in [0.25, 0.3) is 0 Å². The monoisotopic (exact) mass is 331 g/mol. The first-order valence-corrected chi connectivity index (χ1v) is 7.36. The van der Waals surface area contributed by atoms with Gasteiger partial charge in [-0.25, -0.2) is 4.39 Å². The topological polar surface area (TPSA) is 30.5 Å². The third-order valence-corrected chi connectivity index (χ3v) is 3.71. The van der Waals surface area contributed by atoms with Crippen molar-refractivity contribution in [3.8, 4) is 0 Å². The van der Waals surface area contributed by atoms with Crippen molar-refractivity contribution in [3.05, 3.63) is 34.1 Å². The van der Waals surface area contributed by atoms with Gasteiger partial charge in [0.2, 0.25) is 0 Å². The maximum atomic E-state index is 13.9. The molecule has 19 heavy (non-hydrogen) atoms. The van der Waals surface area contributed by atoms with Crippen LogP contribution in [0.25, 0.3) is 0 Å². The molecule has 1 fully saturated rings. The molecule has 0 amide bonds. The minimum atomic E-state index is -0.186. The van der Waals surface area contributed by atoms with Crippen molar-refractivity contribution in [2.45, 2.75) is 25.5 Å². The molecule has 1 aliphatic heterocycles. The molecule has 0 radical (unpaired) electrons. The first-order valence-electron chi connectivity index (χ1n) is 6.57. The average molecular weight is 332 g/mol. The summed E-state index contributed by atoms with van der Waals surface area (Å²) < 4.78 is 25.8. The molecule has 1 saturated heterocycles. The van der Waals surface area contributed by atoms with Gasteiger partial charge in [-0.1, -0.05) is 28.9 Å². The van der Waals surface area contributed by atoms with Gasteiger partial charge in [-0.15, -0.1) is 0 Å². The van der Waals surface area contributed by atoms with Gasteiger partial charge in [0.1, 0.15) is 5.82 Å². The molecule has 1 aromatic rings. The van der Waals surface area contributed by atoms with Crippen LogP contribution >= 0.6 is 15.9 Å². The third-order valence-electron chi connectivity index (χ3n) is 3.21. The lowest BCUT2D eigenvalue weighted by Crippen LogP contribution is -2.48. The summed E-state index contributed by atoms with van der Waals surface area (Å²) in [5.74, 6) is -0.186. The lowest BCUT2D eigenvalue weighted by atomic mass is 10.0.